The van der Waals surface area contributed by atoms with Gasteiger partial charge in [-0.1, -0.05) is 30.5 Å². The summed E-state index contributed by atoms with van der Waals surface area (Å²) in [6.07, 6.45) is -2.52. The molecule has 4 aliphatic rings. The summed E-state index contributed by atoms with van der Waals surface area (Å²) in [4.78, 5) is 42.9. The van der Waals surface area contributed by atoms with Crippen LogP contribution < -0.4 is 14.8 Å². The highest BCUT2D eigenvalue weighted by Crippen LogP contribution is 2.43. The second-order valence-electron chi connectivity index (χ2n) is 10.3. The second-order valence-corrected chi connectivity index (χ2v) is 10.7. The summed E-state index contributed by atoms with van der Waals surface area (Å²) in [6, 6.07) is 6.33. The van der Waals surface area contributed by atoms with Crippen molar-refractivity contribution in [1.82, 2.24) is 9.80 Å². The molecule has 4 unspecified atom stereocenters. The number of alkyl halides is 3. The lowest BCUT2D eigenvalue weighted by atomic mass is 9.81. The van der Waals surface area contributed by atoms with Crippen LogP contribution in [-0.2, 0) is 27.0 Å². The van der Waals surface area contributed by atoms with Gasteiger partial charge in [-0.15, -0.1) is 0 Å². The minimum absolute atomic E-state index is 0.0690. The lowest BCUT2D eigenvalue weighted by Gasteiger charge is -2.43. The Kier molecular flexibility index (Phi) is 6.78. The van der Waals surface area contributed by atoms with E-state index in [0.29, 0.717) is 17.1 Å². The number of amides is 4. The first-order valence-corrected chi connectivity index (χ1v) is 13.3. The molecule has 40 heavy (non-hydrogen) atoms. The van der Waals surface area contributed by atoms with Crippen molar-refractivity contribution < 1.29 is 41.8 Å². The molecule has 4 amide bonds. The Bertz CT molecular complexity index is 1370. The van der Waals surface area contributed by atoms with Gasteiger partial charge in [-0.2, -0.15) is 13.2 Å². The monoisotopic (exact) mass is 579 g/mol. The van der Waals surface area contributed by atoms with Gasteiger partial charge in [-0.05, 0) is 48.7 Å². The molecule has 212 valence electrons. The molecule has 0 aromatic heterocycles. The fourth-order valence-corrected chi connectivity index (χ4v) is 6.15. The van der Waals surface area contributed by atoms with Crippen molar-refractivity contribution in [2.75, 3.05) is 18.7 Å². The Hall–Kier alpha value is -3.51. The standard InChI is InChI=1S/C27H25ClF3N3O6/c28-17-7-6-15(27(29,30)31)10-18(17)32-22(35)12-33-23-16-3-1-2-4-19(16)40-24(23)25(36)34(26(33)37)11-14-5-8-20-21(9-14)39-13-38-20/h5-10,16,19,23-24H,1-4,11-13H2,(H,32,35). The molecule has 3 fully saturated rings. The molecule has 2 aromatic carbocycles. The van der Waals surface area contributed by atoms with Crippen molar-refractivity contribution in [3.63, 3.8) is 0 Å². The summed E-state index contributed by atoms with van der Waals surface area (Å²) >= 11 is 6.06. The highest BCUT2D eigenvalue weighted by atomic mass is 35.5. The van der Waals surface area contributed by atoms with Crippen LogP contribution in [-0.4, -0.2) is 59.2 Å². The third-order valence-electron chi connectivity index (χ3n) is 7.83. The first-order valence-electron chi connectivity index (χ1n) is 12.9. The molecule has 3 aliphatic heterocycles. The number of hydrogen-bond donors (Lipinski definition) is 1. The molecule has 3 heterocycles. The van der Waals surface area contributed by atoms with E-state index >= 15 is 0 Å². The third kappa shape index (κ3) is 4.83. The molecule has 0 bridgehead atoms. The number of carbonyl (C=O) groups excluding carboxylic acids is 3. The summed E-state index contributed by atoms with van der Waals surface area (Å²) < 4.78 is 56.6. The molecule has 1 saturated carbocycles. The predicted molar refractivity (Wildman–Crippen MR) is 135 cm³/mol. The molecule has 2 aromatic rings. The number of rotatable bonds is 5. The van der Waals surface area contributed by atoms with E-state index in [1.165, 1.54) is 4.90 Å². The van der Waals surface area contributed by atoms with Gasteiger partial charge in [-0.25, -0.2) is 4.79 Å². The Morgan fingerprint density at radius 1 is 1.05 bits per heavy atom. The van der Waals surface area contributed by atoms with E-state index in [4.69, 9.17) is 25.8 Å². The van der Waals surface area contributed by atoms with Gasteiger partial charge in [0.2, 0.25) is 12.7 Å². The number of hydrogen-bond acceptors (Lipinski definition) is 6. The number of benzene rings is 2. The van der Waals surface area contributed by atoms with E-state index in [1.807, 2.05) is 0 Å². The van der Waals surface area contributed by atoms with Gasteiger partial charge in [0.1, 0.15) is 6.54 Å². The van der Waals surface area contributed by atoms with E-state index in [0.717, 1.165) is 48.8 Å². The number of imide groups is 1. The minimum atomic E-state index is -4.63. The summed E-state index contributed by atoms with van der Waals surface area (Å²) in [7, 11) is 0. The predicted octanol–water partition coefficient (Wildman–Crippen LogP) is 4.82. The topological polar surface area (TPSA) is 97.4 Å². The molecular formula is C27H25ClF3N3O6. The maximum atomic E-state index is 13.8. The Balaban J connectivity index is 1.27. The summed E-state index contributed by atoms with van der Waals surface area (Å²) in [5.41, 5.74) is -0.593. The zero-order valence-electron chi connectivity index (χ0n) is 21.1. The molecule has 0 radical (unpaired) electrons. The number of nitrogens with zero attached hydrogens (tertiary/aromatic N) is 2. The van der Waals surface area contributed by atoms with Gasteiger partial charge >= 0.3 is 12.2 Å². The molecule has 0 spiro atoms. The Morgan fingerprint density at radius 2 is 1.82 bits per heavy atom. The van der Waals surface area contributed by atoms with Gasteiger partial charge in [0, 0.05) is 5.92 Å². The van der Waals surface area contributed by atoms with E-state index in [1.54, 1.807) is 18.2 Å². The first-order chi connectivity index (χ1) is 19.1. The molecule has 6 rings (SSSR count). The molecule has 4 atom stereocenters. The smallest absolute Gasteiger partial charge is 0.416 e. The van der Waals surface area contributed by atoms with Gasteiger partial charge in [-0.3, -0.25) is 14.5 Å². The molecule has 1 aliphatic carbocycles. The Morgan fingerprint density at radius 3 is 2.62 bits per heavy atom. The van der Waals surface area contributed by atoms with Crippen LogP contribution in [0.1, 0.15) is 36.8 Å². The number of carbonyl (C=O) groups is 3. The van der Waals surface area contributed by atoms with Crippen molar-refractivity contribution in [2.45, 2.75) is 56.7 Å². The molecule has 2 saturated heterocycles. The van der Waals surface area contributed by atoms with Crippen LogP contribution in [0.4, 0.5) is 23.7 Å². The third-order valence-corrected chi connectivity index (χ3v) is 8.16. The quantitative estimate of drug-likeness (QED) is 0.546. The second kappa shape index (κ2) is 10.2. The summed E-state index contributed by atoms with van der Waals surface area (Å²) in [6.45, 7) is -0.516. The van der Waals surface area contributed by atoms with Crippen molar-refractivity contribution >= 4 is 35.1 Å². The van der Waals surface area contributed by atoms with Crippen LogP contribution in [0, 0.1) is 5.92 Å². The summed E-state index contributed by atoms with van der Waals surface area (Å²) in [5, 5.41) is 2.32. The molecule has 13 heteroatoms. The average molecular weight is 580 g/mol. The maximum Gasteiger partial charge on any atom is 0.416 e. The SMILES string of the molecule is O=C(CN1C(=O)N(Cc2ccc3c(c2)OCO3)C(=O)C2OC3CCCCC3C21)Nc1cc(C(F)(F)F)ccc1Cl. The molecular weight excluding hydrogens is 555 g/mol. The van der Waals surface area contributed by atoms with Crippen molar-refractivity contribution in [3.8, 4) is 11.5 Å². The highest BCUT2D eigenvalue weighted by molar-refractivity contribution is 6.33. The van der Waals surface area contributed by atoms with E-state index in [9.17, 15) is 27.6 Å². The van der Waals surface area contributed by atoms with Gasteiger partial charge in [0.25, 0.3) is 5.91 Å². The fourth-order valence-electron chi connectivity index (χ4n) is 5.99. The number of nitrogens with one attached hydrogen (secondary N) is 1. The van der Waals surface area contributed by atoms with Crippen molar-refractivity contribution in [1.29, 1.82) is 0 Å². The number of anilines is 1. The van der Waals surface area contributed by atoms with Gasteiger partial charge < -0.3 is 24.4 Å². The summed E-state index contributed by atoms with van der Waals surface area (Å²) in [5.74, 6) is -0.326. The normalized spacial score (nSPS) is 25.6. The molecule has 1 N–H and O–H groups in total. The number of ether oxygens (including phenoxy) is 3. The number of urea groups is 1. The number of fused-ring (bicyclic) bond motifs is 4. The maximum absolute atomic E-state index is 13.8. The zero-order valence-corrected chi connectivity index (χ0v) is 21.8. The minimum Gasteiger partial charge on any atom is -0.454 e. The largest absolute Gasteiger partial charge is 0.454 e. The average Bonchev–Trinajstić information content (AvgIpc) is 3.54. The molecule has 9 nitrogen and oxygen atoms in total. The van der Waals surface area contributed by atoms with Crippen LogP contribution in [0.25, 0.3) is 0 Å². The van der Waals surface area contributed by atoms with E-state index < -0.39 is 48.3 Å². The van der Waals surface area contributed by atoms with Crippen LogP contribution in [0.5, 0.6) is 11.5 Å². The number of halogens is 4. The van der Waals surface area contributed by atoms with E-state index in [-0.39, 0.29) is 36.1 Å². The van der Waals surface area contributed by atoms with Crippen molar-refractivity contribution in [3.05, 3.63) is 52.5 Å². The Labute approximate surface area is 232 Å². The lowest BCUT2D eigenvalue weighted by Crippen LogP contribution is -2.65. The van der Waals surface area contributed by atoms with Crippen LogP contribution in [0.3, 0.4) is 0 Å². The van der Waals surface area contributed by atoms with Crippen LogP contribution in [0.15, 0.2) is 36.4 Å². The first kappa shape index (κ1) is 26.7. The van der Waals surface area contributed by atoms with Crippen LogP contribution >= 0.6 is 11.6 Å². The van der Waals surface area contributed by atoms with Gasteiger partial charge in [0.05, 0.1) is 35.0 Å². The van der Waals surface area contributed by atoms with Gasteiger partial charge in [0.15, 0.2) is 17.6 Å². The van der Waals surface area contributed by atoms with E-state index in [2.05, 4.69) is 5.32 Å². The highest BCUT2D eigenvalue weighted by Gasteiger charge is 2.57. The van der Waals surface area contributed by atoms with Crippen molar-refractivity contribution in [2.24, 2.45) is 5.92 Å². The lowest BCUT2D eigenvalue weighted by molar-refractivity contribution is -0.147. The zero-order chi connectivity index (χ0) is 28.2. The van der Waals surface area contributed by atoms with Crippen LogP contribution in [0.2, 0.25) is 5.02 Å². The fraction of sp³-hybridized carbons (Fsp3) is 0.444.